The van der Waals surface area contributed by atoms with Gasteiger partial charge in [0.15, 0.2) is 5.75 Å². The smallest absolute Gasteiger partial charge is 0.211 e. The summed E-state index contributed by atoms with van der Waals surface area (Å²) in [6.45, 7) is 4.17. The maximum atomic E-state index is 13.7. The molecule has 0 aliphatic carbocycles. The molecule has 0 saturated carbocycles. The van der Waals surface area contributed by atoms with E-state index in [9.17, 15) is 14.3 Å². The van der Waals surface area contributed by atoms with E-state index in [0.717, 1.165) is 27.6 Å². The molecule has 0 bridgehead atoms. The molecular weight excluding hydrogens is 481 g/mol. The number of benzene rings is 3. The van der Waals surface area contributed by atoms with Gasteiger partial charge < -0.3 is 19.7 Å². The van der Waals surface area contributed by atoms with E-state index in [-0.39, 0.29) is 5.82 Å². The van der Waals surface area contributed by atoms with Crippen LogP contribution in [0.4, 0.5) is 10.1 Å². The van der Waals surface area contributed by atoms with Crippen LogP contribution >= 0.6 is 0 Å². The van der Waals surface area contributed by atoms with E-state index >= 15 is 0 Å². The third-order valence-electron chi connectivity index (χ3n) is 6.45. The molecule has 1 amide bonds. The molecule has 0 unspecified atom stereocenters. The average molecular weight is 510 g/mol. The van der Waals surface area contributed by atoms with Crippen molar-refractivity contribution in [2.75, 3.05) is 5.32 Å². The molecule has 6 nitrogen and oxygen atoms in total. The summed E-state index contributed by atoms with van der Waals surface area (Å²) in [5, 5.41) is 14.4. The molecule has 0 aliphatic heterocycles. The zero-order chi connectivity index (χ0) is 26.7. The first-order valence-electron chi connectivity index (χ1n) is 12.3. The quantitative estimate of drug-likeness (QED) is 0.230. The average Bonchev–Trinajstić information content (AvgIpc) is 3.21. The van der Waals surface area contributed by atoms with Crippen molar-refractivity contribution in [2.45, 2.75) is 32.6 Å². The van der Waals surface area contributed by atoms with Crippen LogP contribution in [0.3, 0.4) is 0 Å². The van der Waals surface area contributed by atoms with E-state index < -0.39 is 5.60 Å². The number of rotatable bonds is 9. The van der Waals surface area contributed by atoms with Gasteiger partial charge in [-0.05, 0) is 66.9 Å². The number of amides is 1. The topological polar surface area (TPSA) is 76.4 Å². The minimum atomic E-state index is -1.07. The Kier molecular flexibility index (Phi) is 6.94. The zero-order valence-corrected chi connectivity index (χ0v) is 21.2. The standard InChI is InChI=1S/C31H28FN3O3/c1-31(2,37)23-12-15-25-27(17-23)35(18-21-10-13-24(32)14-11-21)29(28-26(34-20-36)9-6-16-33-28)30(25)38-19-22-7-4-3-5-8-22/h3-17,20,37H,18-19H2,1-2H3,(H,34,36). The number of carbonyl (C=O) groups excluding carboxylic acids is 1. The lowest BCUT2D eigenvalue weighted by atomic mass is 9.97. The minimum absolute atomic E-state index is 0.315. The molecule has 192 valence electrons. The van der Waals surface area contributed by atoms with Gasteiger partial charge in [-0.15, -0.1) is 0 Å². The van der Waals surface area contributed by atoms with Crippen molar-refractivity contribution in [1.29, 1.82) is 0 Å². The van der Waals surface area contributed by atoms with E-state index in [1.807, 2.05) is 53.1 Å². The molecule has 38 heavy (non-hydrogen) atoms. The van der Waals surface area contributed by atoms with Crippen LogP contribution in [-0.4, -0.2) is 21.1 Å². The first-order valence-corrected chi connectivity index (χ1v) is 12.3. The summed E-state index contributed by atoms with van der Waals surface area (Å²) in [6.07, 6.45) is 2.28. The molecule has 0 radical (unpaired) electrons. The molecule has 7 heteroatoms. The largest absolute Gasteiger partial charge is 0.486 e. The summed E-state index contributed by atoms with van der Waals surface area (Å²) in [4.78, 5) is 16.1. The number of fused-ring (bicyclic) bond motifs is 1. The van der Waals surface area contributed by atoms with Gasteiger partial charge >= 0.3 is 0 Å². The predicted octanol–water partition coefficient (Wildman–Crippen LogP) is 6.27. The lowest BCUT2D eigenvalue weighted by molar-refractivity contribution is -0.105. The number of anilines is 1. The van der Waals surface area contributed by atoms with E-state index in [1.54, 1.807) is 44.3 Å². The molecule has 5 aromatic rings. The van der Waals surface area contributed by atoms with Gasteiger partial charge in [-0.25, -0.2) is 4.39 Å². The number of aromatic nitrogens is 2. The maximum Gasteiger partial charge on any atom is 0.211 e. The van der Waals surface area contributed by atoms with Gasteiger partial charge in [0.05, 0.1) is 16.8 Å². The minimum Gasteiger partial charge on any atom is -0.486 e. The maximum absolute atomic E-state index is 13.7. The second-order valence-electron chi connectivity index (χ2n) is 9.62. The summed E-state index contributed by atoms with van der Waals surface area (Å²) in [6, 6.07) is 25.4. The number of halogens is 1. The van der Waals surface area contributed by atoms with Crippen LogP contribution in [0.15, 0.2) is 91.1 Å². The Morgan fingerprint density at radius 3 is 2.47 bits per heavy atom. The lowest BCUT2D eigenvalue weighted by Gasteiger charge is -2.18. The molecule has 2 heterocycles. The molecule has 0 aliphatic rings. The first-order chi connectivity index (χ1) is 18.3. The molecule has 0 spiro atoms. The van der Waals surface area contributed by atoms with Crippen LogP contribution in [-0.2, 0) is 23.5 Å². The van der Waals surface area contributed by atoms with Gasteiger partial charge in [0.25, 0.3) is 0 Å². The monoisotopic (exact) mass is 509 g/mol. The van der Waals surface area contributed by atoms with Crippen LogP contribution in [0.1, 0.15) is 30.5 Å². The molecule has 2 N–H and O–H groups in total. The van der Waals surface area contributed by atoms with E-state index in [1.165, 1.54) is 12.1 Å². The molecule has 5 rings (SSSR count). The van der Waals surface area contributed by atoms with E-state index in [0.29, 0.717) is 42.4 Å². The Balaban J connectivity index is 1.78. The number of nitrogens with one attached hydrogen (secondary N) is 1. The highest BCUT2D eigenvalue weighted by atomic mass is 19.1. The fourth-order valence-corrected chi connectivity index (χ4v) is 4.52. The Hall–Kier alpha value is -4.49. The van der Waals surface area contributed by atoms with Gasteiger partial charge in [0.2, 0.25) is 6.41 Å². The highest BCUT2D eigenvalue weighted by molar-refractivity contribution is 5.98. The molecule has 2 aromatic heterocycles. The number of hydrogen-bond acceptors (Lipinski definition) is 4. The number of carbonyl (C=O) groups is 1. The van der Waals surface area contributed by atoms with Crippen molar-refractivity contribution >= 4 is 23.0 Å². The summed E-state index contributed by atoms with van der Waals surface area (Å²) < 4.78 is 22.2. The Morgan fingerprint density at radius 2 is 1.76 bits per heavy atom. The zero-order valence-electron chi connectivity index (χ0n) is 21.2. The van der Waals surface area contributed by atoms with Crippen molar-refractivity contribution in [1.82, 2.24) is 9.55 Å². The molecule has 3 aromatic carbocycles. The predicted molar refractivity (Wildman–Crippen MR) is 146 cm³/mol. The number of pyridine rings is 1. The number of hydrogen-bond donors (Lipinski definition) is 2. The highest BCUT2D eigenvalue weighted by Crippen LogP contribution is 2.43. The van der Waals surface area contributed by atoms with E-state index in [4.69, 9.17) is 4.74 Å². The fourth-order valence-electron chi connectivity index (χ4n) is 4.52. The number of aliphatic hydroxyl groups is 1. The summed E-state index contributed by atoms with van der Waals surface area (Å²) in [5.41, 5.74) is 4.07. The molecule has 0 atom stereocenters. The second kappa shape index (κ2) is 10.5. The Bertz CT molecular complexity index is 1570. The van der Waals surface area contributed by atoms with Crippen molar-refractivity contribution in [2.24, 2.45) is 0 Å². The van der Waals surface area contributed by atoms with Gasteiger partial charge in [0, 0.05) is 18.1 Å². The van der Waals surface area contributed by atoms with Crippen LogP contribution in [0.25, 0.3) is 22.3 Å². The van der Waals surface area contributed by atoms with Gasteiger partial charge in [-0.1, -0.05) is 48.5 Å². The summed E-state index contributed by atoms with van der Waals surface area (Å²) in [5.74, 6) is 0.283. The van der Waals surface area contributed by atoms with Gasteiger partial charge in [0.1, 0.15) is 23.8 Å². The summed E-state index contributed by atoms with van der Waals surface area (Å²) in [7, 11) is 0. The van der Waals surface area contributed by atoms with Gasteiger partial charge in [-0.2, -0.15) is 0 Å². The van der Waals surface area contributed by atoms with E-state index in [2.05, 4.69) is 10.3 Å². The van der Waals surface area contributed by atoms with Crippen molar-refractivity contribution in [3.05, 3.63) is 114 Å². The Morgan fingerprint density at radius 1 is 1.00 bits per heavy atom. The van der Waals surface area contributed by atoms with Crippen LogP contribution in [0, 0.1) is 5.82 Å². The third kappa shape index (κ3) is 5.14. The normalized spacial score (nSPS) is 11.5. The fraction of sp³-hybridized carbons (Fsp3) is 0.161. The van der Waals surface area contributed by atoms with Crippen molar-refractivity contribution < 1.29 is 19.0 Å². The Labute approximate surface area is 220 Å². The molecule has 0 saturated heterocycles. The third-order valence-corrected chi connectivity index (χ3v) is 6.45. The lowest BCUT2D eigenvalue weighted by Crippen LogP contribution is -2.15. The molecular formula is C31H28FN3O3. The van der Waals surface area contributed by atoms with Crippen LogP contribution in [0.5, 0.6) is 5.75 Å². The van der Waals surface area contributed by atoms with Crippen molar-refractivity contribution in [3.8, 4) is 17.1 Å². The highest BCUT2D eigenvalue weighted by Gasteiger charge is 2.26. The van der Waals surface area contributed by atoms with Crippen LogP contribution < -0.4 is 10.1 Å². The SMILES string of the molecule is CC(C)(O)c1ccc2c(OCc3ccccc3)c(-c3ncccc3NC=O)n(Cc3ccc(F)cc3)c2c1. The second-order valence-corrected chi connectivity index (χ2v) is 9.62. The number of ether oxygens (including phenoxy) is 1. The van der Waals surface area contributed by atoms with Gasteiger partial charge in [-0.3, -0.25) is 9.78 Å². The van der Waals surface area contributed by atoms with Crippen molar-refractivity contribution in [3.63, 3.8) is 0 Å². The number of nitrogens with zero attached hydrogens (tertiary/aromatic N) is 2. The van der Waals surface area contributed by atoms with Crippen LogP contribution in [0.2, 0.25) is 0 Å². The first kappa shape index (κ1) is 25.2. The summed E-state index contributed by atoms with van der Waals surface area (Å²) >= 11 is 0. The molecule has 0 fully saturated rings.